The van der Waals surface area contributed by atoms with Gasteiger partial charge in [-0.25, -0.2) is 0 Å². The molecule has 2 heteroatoms. The largest absolute Gasteiger partial charge is 0.256 e. The Balaban J connectivity index is 0.000000921. The van der Waals surface area contributed by atoms with E-state index in [0.717, 1.165) is 22.0 Å². The summed E-state index contributed by atoms with van der Waals surface area (Å²) in [6, 6.07) is 1.99. The van der Waals surface area contributed by atoms with Gasteiger partial charge in [0, 0.05) is 11.1 Å². The molecule has 0 radical (unpaired) electrons. The summed E-state index contributed by atoms with van der Waals surface area (Å²) < 4.78 is 0. The van der Waals surface area contributed by atoms with Crippen LogP contribution in [0.15, 0.2) is 6.07 Å². The number of hydrogen-bond acceptors (Lipinski definition) is 1. The van der Waals surface area contributed by atoms with Gasteiger partial charge in [-0.15, -0.1) is 0 Å². The second-order valence-corrected chi connectivity index (χ2v) is 4.88. The van der Waals surface area contributed by atoms with Crippen molar-refractivity contribution in [1.82, 2.24) is 4.98 Å². The molecule has 0 N–H and O–H groups in total. The Bertz CT molecular complexity index is 324. The lowest BCUT2D eigenvalue weighted by Crippen LogP contribution is -2.15. The van der Waals surface area contributed by atoms with Crippen molar-refractivity contribution in [2.75, 3.05) is 0 Å². The zero-order valence-corrected chi connectivity index (χ0v) is 11.7. The van der Waals surface area contributed by atoms with E-state index in [1.54, 1.807) is 0 Å². The number of hydrogen-bond donors (Lipinski definition) is 0. The van der Waals surface area contributed by atoms with E-state index < -0.39 is 0 Å². The summed E-state index contributed by atoms with van der Waals surface area (Å²) in [5.74, 6) is 0. The molecular weight excluding hydrogens is 206 g/mol. The fraction of sp³-hybridized carbons (Fsp3) is 0.615. The maximum absolute atomic E-state index is 6.12. The summed E-state index contributed by atoms with van der Waals surface area (Å²) in [5, 5.41) is 0.774. The maximum atomic E-state index is 6.12. The van der Waals surface area contributed by atoms with E-state index in [2.05, 4.69) is 25.8 Å². The van der Waals surface area contributed by atoms with Gasteiger partial charge >= 0.3 is 0 Å². The van der Waals surface area contributed by atoms with Crippen LogP contribution in [0.4, 0.5) is 0 Å². The highest BCUT2D eigenvalue weighted by Gasteiger charge is 2.19. The highest BCUT2D eigenvalue weighted by atomic mass is 35.5. The Labute approximate surface area is 98.9 Å². The molecule has 1 rings (SSSR count). The zero-order valence-electron chi connectivity index (χ0n) is 10.9. The quantitative estimate of drug-likeness (QED) is 0.628. The maximum Gasteiger partial charge on any atom is 0.0646 e. The fourth-order valence-electron chi connectivity index (χ4n) is 1.20. The minimum atomic E-state index is 0.0234. The third kappa shape index (κ3) is 3.83. The molecule has 0 amide bonds. The van der Waals surface area contributed by atoms with Crippen LogP contribution in [0.3, 0.4) is 0 Å². The molecule has 0 aliphatic heterocycles. The Kier molecular flexibility index (Phi) is 5.30. The standard InChI is InChI=1S/C11H16ClN.C2H6/c1-7-6-9(12)10(11(3,4)5)13-8(7)2;1-2/h6H,1-5H3;1-2H3. The van der Waals surface area contributed by atoms with E-state index in [1.807, 2.05) is 33.8 Å². The Morgan fingerprint density at radius 3 is 2.00 bits per heavy atom. The van der Waals surface area contributed by atoms with Crippen molar-refractivity contribution in [3.8, 4) is 0 Å². The molecule has 0 spiro atoms. The third-order valence-electron chi connectivity index (χ3n) is 2.13. The normalized spacial score (nSPS) is 10.7. The van der Waals surface area contributed by atoms with Crippen molar-refractivity contribution < 1.29 is 0 Å². The van der Waals surface area contributed by atoms with Gasteiger partial charge in [0.25, 0.3) is 0 Å². The molecule has 0 unspecified atom stereocenters. The van der Waals surface area contributed by atoms with Crippen molar-refractivity contribution in [2.45, 2.75) is 53.9 Å². The van der Waals surface area contributed by atoms with Gasteiger partial charge in [-0.05, 0) is 25.5 Å². The lowest BCUT2D eigenvalue weighted by molar-refractivity contribution is 0.567. The topological polar surface area (TPSA) is 12.9 Å². The van der Waals surface area contributed by atoms with Crippen LogP contribution < -0.4 is 0 Å². The summed E-state index contributed by atoms with van der Waals surface area (Å²) in [6.45, 7) is 14.4. The number of aryl methyl sites for hydroxylation is 2. The second-order valence-electron chi connectivity index (χ2n) is 4.47. The van der Waals surface area contributed by atoms with E-state index in [4.69, 9.17) is 11.6 Å². The molecule has 0 atom stereocenters. The van der Waals surface area contributed by atoms with Gasteiger partial charge in [-0.2, -0.15) is 0 Å². The van der Waals surface area contributed by atoms with Gasteiger partial charge in [0.1, 0.15) is 0 Å². The molecule has 1 aromatic rings. The first-order chi connectivity index (χ1) is 6.82. The zero-order chi connectivity index (χ0) is 12.2. The third-order valence-corrected chi connectivity index (χ3v) is 2.42. The average molecular weight is 228 g/mol. The van der Waals surface area contributed by atoms with E-state index in [9.17, 15) is 0 Å². The number of aromatic nitrogens is 1. The van der Waals surface area contributed by atoms with E-state index in [-0.39, 0.29) is 5.41 Å². The van der Waals surface area contributed by atoms with Crippen LogP contribution in [0.1, 0.15) is 51.6 Å². The van der Waals surface area contributed by atoms with Crippen molar-refractivity contribution in [2.24, 2.45) is 0 Å². The number of halogens is 1. The van der Waals surface area contributed by atoms with Crippen LogP contribution in [0, 0.1) is 13.8 Å². The first kappa shape index (κ1) is 14.4. The summed E-state index contributed by atoms with van der Waals surface area (Å²) in [5.41, 5.74) is 3.22. The van der Waals surface area contributed by atoms with Crippen LogP contribution in [-0.2, 0) is 5.41 Å². The molecule has 0 aliphatic carbocycles. The first-order valence-corrected chi connectivity index (χ1v) is 5.84. The van der Waals surface area contributed by atoms with Crippen molar-refractivity contribution in [3.05, 3.63) is 28.0 Å². The van der Waals surface area contributed by atoms with Gasteiger partial charge in [0.05, 0.1) is 10.7 Å². The Morgan fingerprint density at radius 1 is 1.13 bits per heavy atom. The van der Waals surface area contributed by atoms with E-state index >= 15 is 0 Å². The van der Waals surface area contributed by atoms with Gasteiger partial charge in [-0.3, -0.25) is 4.98 Å². The molecule has 0 aliphatic rings. The molecule has 0 fully saturated rings. The minimum absolute atomic E-state index is 0.0234. The fourth-order valence-corrected chi connectivity index (χ4v) is 1.69. The smallest absolute Gasteiger partial charge is 0.0646 e. The molecule has 15 heavy (non-hydrogen) atoms. The van der Waals surface area contributed by atoms with Crippen molar-refractivity contribution in [3.63, 3.8) is 0 Å². The van der Waals surface area contributed by atoms with Crippen molar-refractivity contribution in [1.29, 1.82) is 0 Å². The second kappa shape index (κ2) is 5.50. The summed E-state index contributed by atoms with van der Waals surface area (Å²) in [4.78, 5) is 4.51. The highest BCUT2D eigenvalue weighted by molar-refractivity contribution is 6.31. The van der Waals surface area contributed by atoms with Gasteiger partial charge < -0.3 is 0 Å². The molecule has 0 bridgehead atoms. The van der Waals surface area contributed by atoms with E-state index in [1.165, 1.54) is 0 Å². The molecule has 0 saturated heterocycles. The first-order valence-electron chi connectivity index (χ1n) is 5.46. The van der Waals surface area contributed by atoms with E-state index in [0.29, 0.717) is 0 Å². The predicted octanol–water partition coefficient (Wildman–Crippen LogP) is 4.68. The highest BCUT2D eigenvalue weighted by Crippen LogP contribution is 2.28. The van der Waals surface area contributed by atoms with Gasteiger partial charge in [-0.1, -0.05) is 46.2 Å². The Hall–Kier alpha value is -0.560. The summed E-state index contributed by atoms with van der Waals surface area (Å²) >= 11 is 6.12. The van der Waals surface area contributed by atoms with Crippen LogP contribution in [0.2, 0.25) is 5.02 Å². The minimum Gasteiger partial charge on any atom is -0.256 e. The molecule has 1 heterocycles. The van der Waals surface area contributed by atoms with Gasteiger partial charge in [0.2, 0.25) is 0 Å². The summed E-state index contributed by atoms with van der Waals surface area (Å²) in [6.07, 6.45) is 0. The molecule has 0 aromatic carbocycles. The number of pyridine rings is 1. The average Bonchev–Trinajstić information content (AvgIpc) is 2.13. The van der Waals surface area contributed by atoms with Crippen LogP contribution in [0.25, 0.3) is 0 Å². The molecule has 86 valence electrons. The van der Waals surface area contributed by atoms with Crippen LogP contribution >= 0.6 is 11.6 Å². The lowest BCUT2D eigenvalue weighted by atomic mass is 9.91. The molecule has 1 nitrogen and oxygen atoms in total. The predicted molar refractivity (Wildman–Crippen MR) is 68.8 cm³/mol. The number of rotatable bonds is 0. The van der Waals surface area contributed by atoms with Crippen LogP contribution in [-0.4, -0.2) is 4.98 Å². The molecule has 0 saturated carbocycles. The molecular formula is C13H22ClN. The molecule has 1 aromatic heterocycles. The van der Waals surface area contributed by atoms with Crippen LogP contribution in [0.5, 0.6) is 0 Å². The number of nitrogens with zero attached hydrogens (tertiary/aromatic N) is 1. The summed E-state index contributed by atoms with van der Waals surface area (Å²) in [7, 11) is 0. The van der Waals surface area contributed by atoms with Gasteiger partial charge in [0.15, 0.2) is 0 Å². The monoisotopic (exact) mass is 227 g/mol. The SMILES string of the molecule is CC.Cc1cc(Cl)c(C(C)(C)C)nc1C. The van der Waals surface area contributed by atoms with Crippen molar-refractivity contribution >= 4 is 11.6 Å². The Morgan fingerprint density at radius 2 is 1.60 bits per heavy atom. The lowest BCUT2D eigenvalue weighted by Gasteiger charge is -2.20.